The lowest BCUT2D eigenvalue weighted by Crippen LogP contribution is -2.27. The van der Waals surface area contributed by atoms with E-state index >= 15 is 0 Å². The predicted molar refractivity (Wildman–Crippen MR) is 74.8 cm³/mol. The summed E-state index contributed by atoms with van der Waals surface area (Å²) >= 11 is 0. The van der Waals surface area contributed by atoms with Crippen LogP contribution in [0.4, 0.5) is 0 Å². The van der Waals surface area contributed by atoms with E-state index in [9.17, 15) is 13.5 Å². The second-order valence-corrected chi connectivity index (χ2v) is 6.79. The molecule has 1 heterocycles. The summed E-state index contributed by atoms with van der Waals surface area (Å²) < 4.78 is 33.8. The van der Waals surface area contributed by atoms with Gasteiger partial charge in [-0.05, 0) is 31.7 Å². The molecule has 1 aliphatic carbocycles. The van der Waals surface area contributed by atoms with Gasteiger partial charge in [0.2, 0.25) is 10.0 Å². The Hall–Kier alpha value is -0.890. The first-order chi connectivity index (χ1) is 9.56. The van der Waals surface area contributed by atoms with E-state index in [1.54, 1.807) is 10.8 Å². The summed E-state index contributed by atoms with van der Waals surface area (Å²) in [6.45, 7) is 3.72. The summed E-state index contributed by atoms with van der Waals surface area (Å²) in [6, 6.07) is 1.50. The second-order valence-electron chi connectivity index (χ2n) is 5.03. The van der Waals surface area contributed by atoms with E-state index in [2.05, 4.69) is 4.72 Å². The van der Waals surface area contributed by atoms with Crippen LogP contribution in [0.1, 0.15) is 25.5 Å². The third-order valence-corrected chi connectivity index (χ3v) is 4.79. The molecule has 1 aromatic heterocycles. The fourth-order valence-corrected chi connectivity index (χ4v) is 3.04. The first-order valence-corrected chi connectivity index (χ1v) is 8.42. The topological polar surface area (TPSA) is 80.6 Å². The Morgan fingerprint density at radius 1 is 1.50 bits per heavy atom. The van der Waals surface area contributed by atoms with Crippen molar-refractivity contribution in [1.29, 1.82) is 0 Å². The number of aromatic nitrogens is 1. The van der Waals surface area contributed by atoms with Crippen LogP contribution in [0.2, 0.25) is 0 Å². The maximum absolute atomic E-state index is 12.1. The molecule has 0 aromatic carbocycles. The molecule has 2 N–H and O–H groups in total. The molecule has 20 heavy (non-hydrogen) atoms. The van der Waals surface area contributed by atoms with E-state index < -0.39 is 10.0 Å². The number of rotatable bonds is 9. The van der Waals surface area contributed by atoms with Gasteiger partial charge in [-0.2, -0.15) is 0 Å². The number of sulfonamides is 1. The molecule has 0 radical (unpaired) electrons. The molecule has 0 aliphatic heterocycles. The first-order valence-electron chi connectivity index (χ1n) is 6.94. The standard InChI is InChI=1S/C13H22N2O4S/c1-2-15-8-13(7-12(15)9-16)20(17,18)14-5-6-19-10-11-3-4-11/h7-8,11,14,16H,2-6,9-10H2,1H3. The largest absolute Gasteiger partial charge is 0.390 e. The molecule has 6 nitrogen and oxygen atoms in total. The zero-order valence-corrected chi connectivity index (χ0v) is 12.5. The minimum absolute atomic E-state index is 0.173. The molecule has 1 fully saturated rings. The summed E-state index contributed by atoms with van der Waals surface area (Å²) in [5, 5.41) is 9.18. The Labute approximate surface area is 119 Å². The monoisotopic (exact) mass is 302 g/mol. The van der Waals surface area contributed by atoms with Crippen LogP contribution in [-0.4, -0.2) is 37.8 Å². The lowest BCUT2D eigenvalue weighted by atomic mass is 10.4. The van der Waals surface area contributed by atoms with E-state index in [4.69, 9.17) is 4.74 Å². The van der Waals surface area contributed by atoms with Crippen molar-refractivity contribution in [2.24, 2.45) is 5.92 Å². The van der Waals surface area contributed by atoms with Crippen LogP contribution in [0.5, 0.6) is 0 Å². The summed E-state index contributed by atoms with van der Waals surface area (Å²) in [5.41, 5.74) is 0.595. The van der Waals surface area contributed by atoms with Crippen molar-refractivity contribution in [2.45, 2.75) is 37.8 Å². The Morgan fingerprint density at radius 3 is 2.80 bits per heavy atom. The van der Waals surface area contributed by atoms with Crippen LogP contribution >= 0.6 is 0 Å². The molecule has 1 saturated carbocycles. The van der Waals surface area contributed by atoms with Gasteiger partial charge in [0.15, 0.2) is 0 Å². The van der Waals surface area contributed by atoms with Gasteiger partial charge in [-0.1, -0.05) is 0 Å². The molecule has 0 saturated heterocycles. The van der Waals surface area contributed by atoms with Crippen LogP contribution in [0.25, 0.3) is 0 Å². The Morgan fingerprint density at radius 2 is 2.25 bits per heavy atom. The van der Waals surface area contributed by atoms with Gasteiger partial charge in [-0.3, -0.25) is 0 Å². The van der Waals surface area contributed by atoms with E-state index in [1.807, 2.05) is 6.92 Å². The molecule has 7 heteroatoms. The van der Waals surface area contributed by atoms with Crippen molar-refractivity contribution in [3.63, 3.8) is 0 Å². The average molecular weight is 302 g/mol. The van der Waals surface area contributed by atoms with Crippen LogP contribution in [0, 0.1) is 5.92 Å². The zero-order chi connectivity index (χ0) is 14.6. The molecule has 1 aromatic rings. The Balaban J connectivity index is 1.86. The average Bonchev–Trinajstić information content (AvgIpc) is 3.14. The van der Waals surface area contributed by atoms with Gasteiger partial charge in [-0.25, -0.2) is 13.1 Å². The van der Waals surface area contributed by atoms with Gasteiger partial charge in [0.1, 0.15) is 0 Å². The van der Waals surface area contributed by atoms with E-state index in [0.717, 1.165) is 6.61 Å². The molecule has 0 amide bonds. The normalized spacial score (nSPS) is 15.7. The number of nitrogens with zero attached hydrogens (tertiary/aromatic N) is 1. The van der Waals surface area contributed by atoms with Gasteiger partial charge >= 0.3 is 0 Å². The van der Waals surface area contributed by atoms with Crippen molar-refractivity contribution in [3.05, 3.63) is 18.0 Å². The van der Waals surface area contributed by atoms with Gasteiger partial charge in [0.25, 0.3) is 0 Å². The fraction of sp³-hybridized carbons (Fsp3) is 0.692. The third kappa shape index (κ3) is 4.05. The molecular weight excluding hydrogens is 280 g/mol. The molecule has 0 bridgehead atoms. The molecule has 1 aliphatic rings. The molecule has 2 rings (SSSR count). The highest BCUT2D eigenvalue weighted by molar-refractivity contribution is 7.89. The van der Waals surface area contributed by atoms with Crippen LogP contribution in [0.15, 0.2) is 17.2 Å². The van der Waals surface area contributed by atoms with E-state index in [1.165, 1.54) is 18.9 Å². The number of ether oxygens (including phenoxy) is 1. The highest BCUT2D eigenvalue weighted by Crippen LogP contribution is 2.28. The van der Waals surface area contributed by atoms with Gasteiger partial charge < -0.3 is 14.4 Å². The lowest BCUT2D eigenvalue weighted by molar-refractivity contribution is 0.129. The second kappa shape index (κ2) is 6.71. The molecular formula is C13H22N2O4S. The summed E-state index contributed by atoms with van der Waals surface area (Å²) in [5.74, 6) is 0.678. The van der Waals surface area contributed by atoms with E-state index in [0.29, 0.717) is 24.8 Å². The van der Waals surface area contributed by atoms with Crippen molar-refractivity contribution in [1.82, 2.24) is 9.29 Å². The molecule has 0 unspecified atom stereocenters. The van der Waals surface area contributed by atoms with E-state index in [-0.39, 0.29) is 18.0 Å². The SMILES string of the molecule is CCn1cc(S(=O)(=O)NCCOCC2CC2)cc1CO. The highest BCUT2D eigenvalue weighted by atomic mass is 32.2. The Bertz CT molecular complexity index is 513. The number of aliphatic hydroxyl groups excluding tert-OH is 1. The predicted octanol–water partition coefficient (Wildman–Crippen LogP) is 0.705. The zero-order valence-electron chi connectivity index (χ0n) is 11.7. The molecule has 114 valence electrons. The van der Waals surface area contributed by atoms with Crippen LogP contribution in [0.3, 0.4) is 0 Å². The van der Waals surface area contributed by atoms with Gasteiger partial charge in [-0.15, -0.1) is 0 Å². The van der Waals surface area contributed by atoms with Crippen LogP contribution < -0.4 is 4.72 Å². The van der Waals surface area contributed by atoms with Crippen LogP contribution in [-0.2, 0) is 27.9 Å². The fourth-order valence-electron chi connectivity index (χ4n) is 1.96. The number of hydrogen-bond acceptors (Lipinski definition) is 4. The number of nitrogens with one attached hydrogen (secondary N) is 1. The minimum atomic E-state index is -3.53. The molecule has 0 spiro atoms. The smallest absolute Gasteiger partial charge is 0.242 e. The quantitative estimate of drug-likeness (QED) is 0.658. The minimum Gasteiger partial charge on any atom is -0.390 e. The molecule has 0 atom stereocenters. The number of aliphatic hydroxyl groups is 1. The summed E-state index contributed by atoms with van der Waals surface area (Å²) in [6.07, 6.45) is 3.99. The maximum atomic E-state index is 12.1. The van der Waals surface area contributed by atoms with Gasteiger partial charge in [0.05, 0.1) is 18.1 Å². The lowest BCUT2D eigenvalue weighted by Gasteiger charge is -2.05. The van der Waals surface area contributed by atoms with Crippen molar-refractivity contribution >= 4 is 10.0 Å². The number of hydrogen-bond donors (Lipinski definition) is 2. The highest BCUT2D eigenvalue weighted by Gasteiger charge is 2.21. The van der Waals surface area contributed by atoms with Crippen molar-refractivity contribution < 1.29 is 18.3 Å². The maximum Gasteiger partial charge on any atom is 0.242 e. The number of aryl methyl sites for hydroxylation is 1. The van der Waals surface area contributed by atoms with Crippen molar-refractivity contribution in [3.8, 4) is 0 Å². The summed E-state index contributed by atoms with van der Waals surface area (Å²) in [4.78, 5) is 0.186. The van der Waals surface area contributed by atoms with Crippen molar-refractivity contribution in [2.75, 3.05) is 19.8 Å². The van der Waals surface area contributed by atoms with Gasteiger partial charge in [0, 0.05) is 31.6 Å². The summed E-state index contributed by atoms with van der Waals surface area (Å²) in [7, 11) is -3.53. The third-order valence-electron chi connectivity index (χ3n) is 3.36. The Kier molecular flexibility index (Phi) is 5.20. The first kappa shape index (κ1) is 15.5.